The summed E-state index contributed by atoms with van der Waals surface area (Å²) in [5.74, 6) is 0. The fourth-order valence-electron chi connectivity index (χ4n) is 1.99. The number of imidazole rings is 1. The van der Waals surface area contributed by atoms with Crippen LogP contribution in [0.15, 0.2) is 30.6 Å². The molecule has 0 saturated carbocycles. The Hall–Kier alpha value is -0.620. The highest BCUT2D eigenvalue weighted by atomic mass is 127. The molecule has 4 heteroatoms. The van der Waals surface area contributed by atoms with Gasteiger partial charge in [-0.05, 0) is 35.9 Å². The van der Waals surface area contributed by atoms with E-state index in [2.05, 4.69) is 43.5 Å². The largest absolute Gasteiger partial charge is 0.311 e. The van der Waals surface area contributed by atoms with Crippen molar-refractivity contribution in [2.24, 2.45) is 0 Å². The molecule has 98 valence electrons. The van der Waals surface area contributed by atoms with Gasteiger partial charge in [0.05, 0.1) is 5.69 Å². The molecule has 0 saturated heterocycles. The summed E-state index contributed by atoms with van der Waals surface area (Å²) in [4.78, 5) is 4.56. The Kier molecular flexibility index (Phi) is 5.93. The molecule has 0 aliphatic carbocycles. The van der Waals surface area contributed by atoms with Gasteiger partial charge in [0.15, 0.2) is 0 Å². The number of alkyl halides is 1. The van der Waals surface area contributed by atoms with Crippen LogP contribution in [0.1, 0.15) is 31.4 Å². The van der Waals surface area contributed by atoms with Gasteiger partial charge in [-0.2, -0.15) is 0 Å². The molecule has 0 unspecified atom stereocenters. The molecule has 0 aliphatic rings. The molecule has 1 N–H and O–H groups in total. The lowest BCUT2D eigenvalue weighted by Crippen LogP contribution is -2.14. The monoisotopic (exact) mass is 357 g/mol. The summed E-state index contributed by atoms with van der Waals surface area (Å²) >= 11 is 2.44. The van der Waals surface area contributed by atoms with Crippen LogP contribution >= 0.6 is 22.6 Å². The minimum absolute atomic E-state index is 0.869. The molecule has 2 heterocycles. The first-order chi connectivity index (χ1) is 8.90. The number of pyridine rings is 1. The van der Waals surface area contributed by atoms with E-state index in [1.54, 1.807) is 0 Å². The molecule has 18 heavy (non-hydrogen) atoms. The van der Waals surface area contributed by atoms with Crippen LogP contribution in [0.5, 0.6) is 0 Å². The molecule has 0 aliphatic heterocycles. The second kappa shape index (κ2) is 7.74. The van der Waals surface area contributed by atoms with Gasteiger partial charge in [-0.15, -0.1) is 0 Å². The molecular formula is C14H20IN3. The van der Waals surface area contributed by atoms with E-state index < -0.39 is 0 Å². The van der Waals surface area contributed by atoms with Crippen molar-refractivity contribution in [3.8, 4) is 0 Å². The van der Waals surface area contributed by atoms with Crippen molar-refractivity contribution < 1.29 is 0 Å². The summed E-state index contributed by atoms with van der Waals surface area (Å²) in [5.41, 5.74) is 2.14. The Balaban J connectivity index is 1.67. The van der Waals surface area contributed by atoms with E-state index in [1.165, 1.54) is 30.1 Å². The van der Waals surface area contributed by atoms with E-state index in [9.17, 15) is 0 Å². The van der Waals surface area contributed by atoms with Crippen molar-refractivity contribution in [3.05, 3.63) is 36.3 Å². The zero-order chi connectivity index (χ0) is 12.6. The average Bonchev–Trinajstić information content (AvgIpc) is 2.80. The highest BCUT2D eigenvalue weighted by molar-refractivity contribution is 14.1. The van der Waals surface area contributed by atoms with Gasteiger partial charge in [0.2, 0.25) is 0 Å². The fraction of sp³-hybridized carbons (Fsp3) is 0.500. The molecule has 0 atom stereocenters. The van der Waals surface area contributed by atoms with Crippen molar-refractivity contribution in [2.45, 2.75) is 32.2 Å². The predicted octanol–water partition coefficient (Wildman–Crippen LogP) is 3.42. The lowest BCUT2D eigenvalue weighted by atomic mass is 10.2. The van der Waals surface area contributed by atoms with Gasteiger partial charge >= 0.3 is 0 Å². The van der Waals surface area contributed by atoms with E-state index in [4.69, 9.17) is 0 Å². The van der Waals surface area contributed by atoms with Gasteiger partial charge in [-0.25, -0.2) is 4.98 Å². The molecule has 0 bridgehead atoms. The van der Waals surface area contributed by atoms with Crippen molar-refractivity contribution in [1.29, 1.82) is 0 Å². The third-order valence-electron chi connectivity index (χ3n) is 2.96. The Morgan fingerprint density at radius 1 is 1.17 bits per heavy atom. The molecular weight excluding hydrogens is 337 g/mol. The number of hydrogen-bond acceptors (Lipinski definition) is 2. The zero-order valence-corrected chi connectivity index (χ0v) is 12.8. The van der Waals surface area contributed by atoms with Gasteiger partial charge in [0.1, 0.15) is 5.65 Å². The van der Waals surface area contributed by atoms with E-state index >= 15 is 0 Å². The van der Waals surface area contributed by atoms with E-state index in [-0.39, 0.29) is 0 Å². The number of nitrogens with zero attached hydrogens (tertiary/aromatic N) is 2. The summed E-state index contributed by atoms with van der Waals surface area (Å²) in [7, 11) is 0. The van der Waals surface area contributed by atoms with Crippen LogP contribution in [0.4, 0.5) is 0 Å². The van der Waals surface area contributed by atoms with Crippen LogP contribution in [0.3, 0.4) is 0 Å². The number of rotatable bonds is 8. The average molecular weight is 357 g/mol. The number of aromatic nitrogens is 2. The molecule has 0 aromatic carbocycles. The van der Waals surface area contributed by atoms with Crippen LogP contribution in [0, 0.1) is 0 Å². The van der Waals surface area contributed by atoms with Crippen molar-refractivity contribution in [1.82, 2.24) is 14.7 Å². The first-order valence-corrected chi connectivity index (χ1v) is 8.12. The SMILES string of the molecule is ICCCCCCNCc1cn2ccccc2n1. The van der Waals surface area contributed by atoms with Crippen molar-refractivity contribution in [3.63, 3.8) is 0 Å². The smallest absolute Gasteiger partial charge is 0.137 e. The lowest BCUT2D eigenvalue weighted by molar-refractivity contribution is 0.597. The van der Waals surface area contributed by atoms with Gasteiger partial charge in [0.25, 0.3) is 0 Å². The molecule has 0 amide bonds. The van der Waals surface area contributed by atoms with Gasteiger partial charge in [0, 0.05) is 18.9 Å². The third-order valence-corrected chi connectivity index (χ3v) is 3.72. The number of hydrogen-bond donors (Lipinski definition) is 1. The number of unbranched alkanes of at least 4 members (excludes halogenated alkanes) is 3. The number of fused-ring (bicyclic) bond motifs is 1. The first-order valence-electron chi connectivity index (χ1n) is 6.59. The second-order valence-electron chi connectivity index (χ2n) is 4.48. The van der Waals surface area contributed by atoms with Crippen molar-refractivity contribution in [2.75, 3.05) is 11.0 Å². The Morgan fingerprint density at radius 2 is 2.06 bits per heavy atom. The summed E-state index contributed by atoms with van der Waals surface area (Å²) in [5, 5.41) is 3.46. The molecule has 0 spiro atoms. The predicted molar refractivity (Wildman–Crippen MR) is 84.3 cm³/mol. The fourth-order valence-corrected chi connectivity index (χ4v) is 2.53. The molecule has 2 rings (SSSR count). The maximum Gasteiger partial charge on any atom is 0.137 e. The van der Waals surface area contributed by atoms with Crippen molar-refractivity contribution >= 4 is 28.2 Å². The summed E-state index contributed by atoms with van der Waals surface area (Å²) < 4.78 is 3.35. The molecule has 3 nitrogen and oxygen atoms in total. The topological polar surface area (TPSA) is 29.3 Å². The molecule has 2 aromatic heterocycles. The Bertz CT molecular complexity index is 434. The van der Waals surface area contributed by atoms with Gasteiger partial charge in [-0.1, -0.05) is 41.5 Å². The second-order valence-corrected chi connectivity index (χ2v) is 5.56. The normalized spacial score (nSPS) is 11.2. The summed E-state index contributed by atoms with van der Waals surface area (Å²) in [6, 6.07) is 6.08. The summed E-state index contributed by atoms with van der Waals surface area (Å²) in [6.45, 7) is 1.96. The Labute approximate surface area is 122 Å². The quantitative estimate of drug-likeness (QED) is 0.446. The zero-order valence-electron chi connectivity index (χ0n) is 10.6. The van der Waals surface area contributed by atoms with E-state index in [1.807, 2.05) is 24.4 Å². The lowest BCUT2D eigenvalue weighted by Gasteiger charge is -2.01. The van der Waals surface area contributed by atoms with Gasteiger partial charge < -0.3 is 9.72 Å². The molecule has 2 aromatic rings. The third kappa shape index (κ3) is 4.24. The molecule has 0 fully saturated rings. The molecule has 0 radical (unpaired) electrons. The maximum absolute atomic E-state index is 4.56. The van der Waals surface area contributed by atoms with Crippen LogP contribution in [-0.2, 0) is 6.54 Å². The van der Waals surface area contributed by atoms with E-state index in [0.717, 1.165) is 24.4 Å². The summed E-state index contributed by atoms with van der Waals surface area (Å²) in [6.07, 6.45) is 9.45. The van der Waals surface area contributed by atoms with Crippen LogP contribution in [-0.4, -0.2) is 20.4 Å². The number of nitrogens with one attached hydrogen (secondary N) is 1. The van der Waals surface area contributed by atoms with Crippen LogP contribution in [0.2, 0.25) is 0 Å². The minimum atomic E-state index is 0.869. The minimum Gasteiger partial charge on any atom is -0.311 e. The van der Waals surface area contributed by atoms with Gasteiger partial charge in [-0.3, -0.25) is 0 Å². The van der Waals surface area contributed by atoms with Crippen LogP contribution < -0.4 is 5.32 Å². The van der Waals surface area contributed by atoms with E-state index in [0.29, 0.717) is 0 Å². The maximum atomic E-state index is 4.56. The Morgan fingerprint density at radius 3 is 2.89 bits per heavy atom. The number of halogens is 1. The standard InChI is InChI=1S/C14H20IN3/c15-8-4-1-2-5-9-16-11-13-12-18-10-6-3-7-14(18)17-13/h3,6-7,10,12,16H,1-2,4-5,8-9,11H2. The van der Waals surface area contributed by atoms with Crippen LogP contribution in [0.25, 0.3) is 5.65 Å². The highest BCUT2D eigenvalue weighted by Gasteiger charge is 1.99. The highest BCUT2D eigenvalue weighted by Crippen LogP contribution is 2.04. The first kappa shape index (κ1) is 13.8.